The van der Waals surface area contributed by atoms with Crippen molar-refractivity contribution >= 4 is 16.7 Å². The number of fused-ring (bicyclic) bond motifs is 1. The van der Waals surface area contributed by atoms with Crippen molar-refractivity contribution < 1.29 is 13.9 Å². The summed E-state index contributed by atoms with van der Waals surface area (Å²) in [5, 5.41) is 5.27. The van der Waals surface area contributed by atoms with E-state index < -0.39 is 0 Å². The van der Waals surface area contributed by atoms with Crippen molar-refractivity contribution in [3.8, 4) is 0 Å². The molecule has 4 nitrogen and oxygen atoms in total. The van der Waals surface area contributed by atoms with E-state index in [4.69, 9.17) is 4.74 Å². The molecule has 126 valence electrons. The molecule has 2 aromatic rings. The molecule has 0 spiro atoms. The Balaban J connectivity index is 1.60. The van der Waals surface area contributed by atoms with Crippen molar-refractivity contribution in [2.75, 3.05) is 32.8 Å². The van der Waals surface area contributed by atoms with E-state index in [2.05, 4.69) is 11.4 Å². The number of ether oxygens (including phenoxy) is 1. The van der Waals surface area contributed by atoms with Crippen LogP contribution in [0.15, 0.2) is 36.4 Å². The predicted molar refractivity (Wildman–Crippen MR) is 90.5 cm³/mol. The highest BCUT2D eigenvalue weighted by Gasteiger charge is 2.36. The van der Waals surface area contributed by atoms with Gasteiger partial charge >= 0.3 is 0 Å². The highest BCUT2D eigenvalue weighted by atomic mass is 19.1. The van der Waals surface area contributed by atoms with Crippen LogP contribution in [0.4, 0.5) is 4.39 Å². The zero-order valence-corrected chi connectivity index (χ0v) is 13.5. The Morgan fingerprint density at radius 3 is 2.71 bits per heavy atom. The van der Waals surface area contributed by atoms with Gasteiger partial charge in [-0.3, -0.25) is 4.79 Å². The Labute approximate surface area is 140 Å². The number of amides is 1. The maximum atomic E-state index is 13.3. The molecule has 2 aliphatic rings. The second-order valence-corrected chi connectivity index (χ2v) is 6.52. The number of carbonyl (C=O) groups is 1. The molecule has 0 radical (unpaired) electrons. The van der Waals surface area contributed by atoms with E-state index in [1.165, 1.54) is 6.07 Å². The first-order chi connectivity index (χ1) is 11.7. The van der Waals surface area contributed by atoms with Crippen molar-refractivity contribution in [3.63, 3.8) is 0 Å². The van der Waals surface area contributed by atoms with Gasteiger partial charge in [0.15, 0.2) is 0 Å². The molecule has 5 heteroatoms. The molecular weight excluding hydrogens is 307 g/mol. The van der Waals surface area contributed by atoms with Crippen LogP contribution in [0.25, 0.3) is 10.8 Å². The van der Waals surface area contributed by atoms with Crippen molar-refractivity contribution in [2.45, 2.75) is 18.4 Å². The van der Waals surface area contributed by atoms with Crippen LogP contribution in [0.5, 0.6) is 0 Å². The third-order valence-corrected chi connectivity index (χ3v) is 5.07. The van der Waals surface area contributed by atoms with Crippen LogP contribution in [0, 0.1) is 5.82 Å². The quantitative estimate of drug-likeness (QED) is 0.920. The largest absolute Gasteiger partial charge is 0.378 e. The van der Waals surface area contributed by atoms with Crippen molar-refractivity contribution in [1.29, 1.82) is 0 Å². The monoisotopic (exact) mass is 328 g/mol. The highest BCUT2D eigenvalue weighted by Crippen LogP contribution is 2.31. The standard InChI is InChI=1S/C19H21FN2O2/c20-16-4-3-13-11-15(2-1-14(13)12-16)17-5-6-21-18(17)19(23)22-7-9-24-10-8-22/h1-4,11-12,17-18,21H,5-10H2/t17-,18-/m1/s1. The Morgan fingerprint density at radius 1 is 1.12 bits per heavy atom. The molecule has 2 aliphatic heterocycles. The Kier molecular flexibility index (Phi) is 4.21. The summed E-state index contributed by atoms with van der Waals surface area (Å²) in [6.07, 6.45) is 0.938. The van der Waals surface area contributed by atoms with Gasteiger partial charge in [-0.15, -0.1) is 0 Å². The third-order valence-electron chi connectivity index (χ3n) is 5.07. The average Bonchev–Trinajstić information content (AvgIpc) is 3.11. The summed E-state index contributed by atoms with van der Waals surface area (Å²) in [4.78, 5) is 14.7. The second kappa shape index (κ2) is 6.49. The number of carbonyl (C=O) groups excluding carboxylic acids is 1. The minimum Gasteiger partial charge on any atom is -0.378 e. The van der Waals surface area contributed by atoms with Crippen molar-refractivity contribution in [1.82, 2.24) is 10.2 Å². The summed E-state index contributed by atoms with van der Waals surface area (Å²) in [6, 6.07) is 10.7. The van der Waals surface area contributed by atoms with E-state index in [9.17, 15) is 9.18 Å². The van der Waals surface area contributed by atoms with Crippen LogP contribution in [-0.2, 0) is 9.53 Å². The maximum absolute atomic E-state index is 13.3. The fraction of sp³-hybridized carbons (Fsp3) is 0.421. The molecule has 24 heavy (non-hydrogen) atoms. The van der Waals surface area contributed by atoms with Gasteiger partial charge in [0.1, 0.15) is 5.82 Å². The van der Waals surface area contributed by atoms with E-state index in [-0.39, 0.29) is 23.7 Å². The lowest BCUT2D eigenvalue weighted by Crippen LogP contribution is -2.49. The molecule has 1 amide bonds. The molecule has 1 N–H and O–H groups in total. The summed E-state index contributed by atoms with van der Waals surface area (Å²) in [5.41, 5.74) is 1.14. The fourth-order valence-corrected chi connectivity index (χ4v) is 3.77. The van der Waals surface area contributed by atoms with Crippen LogP contribution in [0.2, 0.25) is 0 Å². The second-order valence-electron chi connectivity index (χ2n) is 6.52. The lowest BCUT2D eigenvalue weighted by atomic mass is 9.89. The molecule has 0 bridgehead atoms. The normalized spacial score (nSPS) is 24.5. The van der Waals surface area contributed by atoms with Crippen LogP contribution >= 0.6 is 0 Å². The molecule has 0 saturated carbocycles. The number of rotatable bonds is 2. The highest BCUT2D eigenvalue weighted by molar-refractivity contribution is 5.86. The number of halogens is 1. The first kappa shape index (κ1) is 15.5. The maximum Gasteiger partial charge on any atom is 0.240 e. The van der Waals surface area contributed by atoms with Crippen molar-refractivity contribution in [3.05, 3.63) is 47.8 Å². The van der Waals surface area contributed by atoms with E-state index in [1.807, 2.05) is 17.0 Å². The van der Waals surface area contributed by atoms with E-state index in [1.54, 1.807) is 12.1 Å². The first-order valence-corrected chi connectivity index (χ1v) is 8.51. The zero-order chi connectivity index (χ0) is 16.5. The number of nitrogens with zero attached hydrogens (tertiary/aromatic N) is 1. The van der Waals surface area contributed by atoms with Gasteiger partial charge in [-0.2, -0.15) is 0 Å². The van der Waals surface area contributed by atoms with Crippen molar-refractivity contribution in [2.24, 2.45) is 0 Å². The summed E-state index contributed by atoms with van der Waals surface area (Å²) >= 11 is 0. The summed E-state index contributed by atoms with van der Waals surface area (Å²) in [5.74, 6) is 0.105. The number of hydrogen-bond acceptors (Lipinski definition) is 3. The minimum atomic E-state index is -0.224. The third kappa shape index (κ3) is 2.89. The summed E-state index contributed by atoms with van der Waals surface area (Å²) in [6.45, 7) is 3.41. The molecule has 2 aromatic carbocycles. The lowest BCUT2D eigenvalue weighted by molar-refractivity contribution is -0.137. The smallest absolute Gasteiger partial charge is 0.240 e. The van der Waals surface area contributed by atoms with Gasteiger partial charge in [0.25, 0.3) is 0 Å². The van der Waals surface area contributed by atoms with Crippen LogP contribution in [-0.4, -0.2) is 49.7 Å². The Bertz CT molecular complexity index is 758. The molecule has 0 aromatic heterocycles. The number of nitrogens with one attached hydrogen (secondary N) is 1. The van der Waals surface area contributed by atoms with Crippen LogP contribution in [0.3, 0.4) is 0 Å². The van der Waals surface area contributed by atoms with Gasteiger partial charge in [0.05, 0.1) is 19.3 Å². The predicted octanol–water partition coefficient (Wildman–Crippen LogP) is 2.28. The van der Waals surface area contributed by atoms with E-state index >= 15 is 0 Å². The molecule has 2 heterocycles. The molecular formula is C19H21FN2O2. The molecule has 2 saturated heterocycles. The molecule has 4 rings (SSSR count). The van der Waals surface area contributed by atoms with Gasteiger partial charge in [-0.05, 0) is 41.4 Å². The first-order valence-electron chi connectivity index (χ1n) is 8.51. The van der Waals surface area contributed by atoms with Gasteiger partial charge < -0.3 is 15.0 Å². The van der Waals surface area contributed by atoms with Gasteiger partial charge in [-0.25, -0.2) is 4.39 Å². The van der Waals surface area contributed by atoms with E-state index in [0.29, 0.717) is 26.3 Å². The number of hydrogen-bond donors (Lipinski definition) is 1. The Hall–Kier alpha value is -1.98. The van der Waals surface area contributed by atoms with Crippen LogP contribution in [0.1, 0.15) is 17.9 Å². The topological polar surface area (TPSA) is 41.6 Å². The van der Waals surface area contributed by atoms with Gasteiger partial charge in [0.2, 0.25) is 5.91 Å². The molecule has 0 aliphatic carbocycles. The van der Waals surface area contributed by atoms with Gasteiger partial charge in [0, 0.05) is 19.0 Å². The SMILES string of the molecule is O=C([C@@H]1NCC[C@@H]1c1ccc2cc(F)ccc2c1)N1CCOCC1. The number of benzene rings is 2. The van der Waals surface area contributed by atoms with Crippen LogP contribution < -0.4 is 5.32 Å². The Morgan fingerprint density at radius 2 is 1.88 bits per heavy atom. The fourth-order valence-electron chi connectivity index (χ4n) is 3.77. The van der Waals surface area contributed by atoms with E-state index in [0.717, 1.165) is 29.3 Å². The number of morpholine rings is 1. The summed E-state index contributed by atoms with van der Waals surface area (Å²) in [7, 11) is 0. The zero-order valence-electron chi connectivity index (χ0n) is 13.5. The molecule has 2 atom stereocenters. The lowest BCUT2D eigenvalue weighted by Gasteiger charge is -2.31. The molecule has 0 unspecified atom stereocenters. The summed E-state index contributed by atoms with van der Waals surface area (Å²) < 4.78 is 18.7. The average molecular weight is 328 g/mol. The van der Waals surface area contributed by atoms with Gasteiger partial charge in [-0.1, -0.05) is 24.3 Å². The molecule has 2 fully saturated rings. The minimum absolute atomic E-state index is 0.162.